The Balaban J connectivity index is 2.42. The third-order valence-corrected chi connectivity index (χ3v) is 3.21. The third-order valence-electron chi connectivity index (χ3n) is 2.86. The highest BCUT2D eigenvalue weighted by Crippen LogP contribution is 2.31. The summed E-state index contributed by atoms with van der Waals surface area (Å²) in [5.74, 6) is -0.432. The summed E-state index contributed by atoms with van der Waals surface area (Å²) in [6.07, 6.45) is -0.533. The first-order valence-electron chi connectivity index (χ1n) is 6.25. The van der Waals surface area contributed by atoms with E-state index in [1.165, 1.54) is 0 Å². The summed E-state index contributed by atoms with van der Waals surface area (Å²) in [5, 5.41) is 0.566. The van der Waals surface area contributed by atoms with Crippen molar-refractivity contribution in [2.75, 3.05) is 0 Å². The van der Waals surface area contributed by atoms with Gasteiger partial charge in [-0.25, -0.2) is 4.79 Å². The molecule has 0 amide bonds. The molecule has 102 valence electrons. The Morgan fingerprint density at radius 2 is 1.70 bits per heavy atom. The molecule has 20 heavy (non-hydrogen) atoms. The highest BCUT2D eigenvalue weighted by atomic mass is 35.5. The molecule has 1 unspecified atom stereocenters. The van der Waals surface area contributed by atoms with Crippen LogP contribution in [0.2, 0.25) is 5.02 Å². The summed E-state index contributed by atoms with van der Waals surface area (Å²) in [6.45, 7) is 5.23. The molecule has 0 saturated heterocycles. The van der Waals surface area contributed by atoms with E-state index in [0.717, 1.165) is 11.1 Å². The largest absolute Gasteiger partial charge is 0.449 e. The topological polar surface area (TPSA) is 26.3 Å². The van der Waals surface area contributed by atoms with Crippen molar-refractivity contribution in [3.8, 4) is 0 Å². The Hall–Kier alpha value is -2.06. The zero-order valence-corrected chi connectivity index (χ0v) is 11.9. The number of carbonyl (C=O) groups excluding carboxylic acids is 1. The van der Waals surface area contributed by atoms with Crippen molar-refractivity contribution in [1.82, 2.24) is 0 Å². The van der Waals surface area contributed by atoms with Crippen molar-refractivity contribution in [2.24, 2.45) is 0 Å². The van der Waals surface area contributed by atoms with Crippen molar-refractivity contribution in [1.29, 1.82) is 0 Å². The Bertz CT molecular complexity index is 620. The van der Waals surface area contributed by atoms with Crippen molar-refractivity contribution >= 4 is 17.6 Å². The molecule has 0 spiro atoms. The van der Waals surface area contributed by atoms with E-state index in [0.29, 0.717) is 10.6 Å². The average molecular weight is 287 g/mol. The molecule has 0 N–H and O–H groups in total. The maximum absolute atomic E-state index is 11.8. The molecular weight excluding hydrogens is 272 g/mol. The molecule has 2 aromatic carbocycles. The lowest BCUT2D eigenvalue weighted by atomic mass is 10.0. The normalized spacial score (nSPS) is 11.7. The van der Waals surface area contributed by atoms with Gasteiger partial charge in [-0.2, -0.15) is 0 Å². The second-order valence-corrected chi connectivity index (χ2v) is 4.91. The minimum atomic E-state index is -0.533. The number of hydrogen-bond acceptors (Lipinski definition) is 2. The van der Waals surface area contributed by atoms with Gasteiger partial charge in [0.25, 0.3) is 0 Å². The number of carbonyl (C=O) groups is 1. The SMILES string of the molecule is C=C(C)C(=O)OC(c1ccccc1)c1ccccc1Cl. The molecule has 2 aromatic rings. The fraction of sp³-hybridized carbons (Fsp3) is 0.118. The predicted octanol–water partition coefficient (Wildman–Crippen LogP) is 4.55. The van der Waals surface area contributed by atoms with E-state index in [1.807, 2.05) is 48.5 Å². The van der Waals surface area contributed by atoms with Gasteiger partial charge in [-0.05, 0) is 18.6 Å². The summed E-state index contributed by atoms with van der Waals surface area (Å²) in [4.78, 5) is 11.8. The van der Waals surface area contributed by atoms with Crippen molar-refractivity contribution < 1.29 is 9.53 Å². The Morgan fingerprint density at radius 3 is 2.30 bits per heavy atom. The molecule has 2 rings (SSSR count). The Labute approximate surface area is 123 Å². The van der Waals surface area contributed by atoms with E-state index in [1.54, 1.807) is 13.0 Å². The summed E-state index contributed by atoms with van der Waals surface area (Å²) in [6, 6.07) is 16.8. The first-order valence-corrected chi connectivity index (χ1v) is 6.63. The summed E-state index contributed by atoms with van der Waals surface area (Å²) >= 11 is 6.22. The molecular formula is C17H15ClO2. The zero-order chi connectivity index (χ0) is 14.5. The van der Waals surface area contributed by atoms with Crippen LogP contribution in [0.1, 0.15) is 24.2 Å². The summed E-state index contributed by atoms with van der Waals surface area (Å²) < 4.78 is 5.54. The van der Waals surface area contributed by atoms with E-state index >= 15 is 0 Å². The highest BCUT2D eigenvalue weighted by molar-refractivity contribution is 6.31. The molecule has 2 nitrogen and oxygen atoms in total. The minimum absolute atomic E-state index is 0.359. The summed E-state index contributed by atoms with van der Waals surface area (Å²) in [5.41, 5.74) is 1.99. The van der Waals surface area contributed by atoms with Gasteiger partial charge in [0.2, 0.25) is 0 Å². The molecule has 1 atom stereocenters. The maximum Gasteiger partial charge on any atom is 0.334 e. The predicted molar refractivity (Wildman–Crippen MR) is 80.6 cm³/mol. The molecule has 0 saturated carbocycles. The van der Waals surface area contributed by atoms with E-state index in [4.69, 9.17) is 16.3 Å². The Morgan fingerprint density at radius 1 is 1.10 bits per heavy atom. The van der Waals surface area contributed by atoms with Gasteiger partial charge in [0.1, 0.15) is 0 Å². The van der Waals surface area contributed by atoms with Crippen LogP contribution in [-0.2, 0) is 9.53 Å². The third kappa shape index (κ3) is 3.28. The van der Waals surface area contributed by atoms with Gasteiger partial charge in [-0.3, -0.25) is 0 Å². The van der Waals surface area contributed by atoms with Crippen LogP contribution in [0.25, 0.3) is 0 Å². The monoisotopic (exact) mass is 286 g/mol. The first kappa shape index (κ1) is 14.4. The lowest BCUT2D eigenvalue weighted by molar-refractivity contribution is -0.142. The van der Waals surface area contributed by atoms with Crippen LogP contribution in [0.5, 0.6) is 0 Å². The number of hydrogen-bond donors (Lipinski definition) is 0. The number of rotatable bonds is 4. The molecule has 0 bridgehead atoms. The number of esters is 1. The molecule has 0 aliphatic heterocycles. The molecule has 0 radical (unpaired) electrons. The second kappa shape index (κ2) is 6.40. The zero-order valence-electron chi connectivity index (χ0n) is 11.2. The van der Waals surface area contributed by atoms with E-state index in [2.05, 4.69) is 6.58 Å². The van der Waals surface area contributed by atoms with Crippen molar-refractivity contribution in [3.05, 3.63) is 82.9 Å². The van der Waals surface area contributed by atoms with E-state index in [-0.39, 0.29) is 0 Å². The lowest BCUT2D eigenvalue weighted by Gasteiger charge is -2.20. The van der Waals surface area contributed by atoms with Gasteiger partial charge in [-0.15, -0.1) is 0 Å². The van der Waals surface area contributed by atoms with Crippen LogP contribution in [0.15, 0.2) is 66.7 Å². The number of benzene rings is 2. The lowest BCUT2D eigenvalue weighted by Crippen LogP contribution is -2.13. The summed E-state index contributed by atoms with van der Waals surface area (Å²) in [7, 11) is 0. The van der Waals surface area contributed by atoms with Gasteiger partial charge in [-0.1, -0.05) is 66.7 Å². The van der Waals surface area contributed by atoms with E-state index in [9.17, 15) is 4.79 Å². The van der Waals surface area contributed by atoms with Crippen molar-refractivity contribution in [3.63, 3.8) is 0 Å². The van der Waals surface area contributed by atoms with Crippen LogP contribution in [-0.4, -0.2) is 5.97 Å². The number of halogens is 1. The van der Waals surface area contributed by atoms with Crippen molar-refractivity contribution in [2.45, 2.75) is 13.0 Å². The minimum Gasteiger partial charge on any atom is -0.449 e. The maximum atomic E-state index is 11.8. The average Bonchev–Trinajstić information content (AvgIpc) is 2.46. The quantitative estimate of drug-likeness (QED) is 0.609. The second-order valence-electron chi connectivity index (χ2n) is 4.50. The molecule has 3 heteroatoms. The molecule has 0 heterocycles. The van der Waals surface area contributed by atoms with Gasteiger partial charge in [0, 0.05) is 16.2 Å². The molecule has 0 aliphatic carbocycles. The van der Waals surface area contributed by atoms with E-state index < -0.39 is 12.1 Å². The van der Waals surface area contributed by atoms with Crippen LogP contribution in [0, 0.1) is 0 Å². The van der Waals surface area contributed by atoms with Crippen LogP contribution in [0.3, 0.4) is 0 Å². The highest BCUT2D eigenvalue weighted by Gasteiger charge is 2.21. The molecule has 0 aromatic heterocycles. The van der Waals surface area contributed by atoms with Gasteiger partial charge in [0.15, 0.2) is 6.10 Å². The van der Waals surface area contributed by atoms with Crippen LogP contribution in [0.4, 0.5) is 0 Å². The molecule has 0 fully saturated rings. The molecule has 0 aliphatic rings. The van der Waals surface area contributed by atoms with Gasteiger partial charge >= 0.3 is 5.97 Å². The standard InChI is InChI=1S/C17H15ClO2/c1-12(2)17(19)20-16(13-8-4-3-5-9-13)14-10-6-7-11-15(14)18/h3-11,16H,1H2,2H3. The first-order chi connectivity index (χ1) is 9.59. The van der Waals surface area contributed by atoms with Gasteiger partial charge in [0.05, 0.1) is 0 Å². The van der Waals surface area contributed by atoms with Gasteiger partial charge < -0.3 is 4.74 Å². The smallest absolute Gasteiger partial charge is 0.334 e. The van der Waals surface area contributed by atoms with Crippen LogP contribution < -0.4 is 0 Å². The Kier molecular flexibility index (Phi) is 4.59. The fourth-order valence-corrected chi connectivity index (χ4v) is 2.07. The van der Waals surface area contributed by atoms with Crippen LogP contribution >= 0.6 is 11.6 Å². The number of ether oxygens (including phenoxy) is 1. The fourth-order valence-electron chi connectivity index (χ4n) is 1.83.